The fourth-order valence-corrected chi connectivity index (χ4v) is 3.87. The average Bonchev–Trinajstić information content (AvgIpc) is 2.79. The summed E-state index contributed by atoms with van der Waals surface area (Å²) in [6.07, 6.45) is 0. The molecule has 3 N–H and O–H groups in total. The monoisotopic (exact) mass is 449 g/mol. The first-order chi connectivity index (χ1) is 15.6. The largest absolute Gasteiger partial charge is 0.505 e. The van der Waals surface area contributed by atoms with Crippen LogP contribution in [0.15, 0.2) is 58.1 Å². The summed E-state index contributed by atoms with van der Waals surface area (Å²) in [7, 11) is 0. The Bertz CT molecular complexity index is 1200. The van der Waals surface area contributed by atoms with E-state index in [-0.39, 0.29) is 45.7 Å². The summed E-state index contributed by atoms with van der Waals surface area (Å²) in [6, 6.07) is 14.2. The molecule has 0 aliphatic heterocycles. The van der Waals surface area contributed by atoms with Gasteiger partial charge in [-0.3, -0.25) is 14.4 Å². The second-order valence-electron chi connectivity index (χ2n) is 9.07. The van der Waals surface area contributed by atoms with E-state index in [0.29, 0.717) is 13.1 Å². The number of aromatic hydroxyl groups is 1. The first-order valence-corrected chi connectivity index (χ1v) is 11.1. The highest BCUT2D eigenvalue weighted by Gasteiger charge is 2.31. The Labute approximate surface area is 193 Å². The highest BCUT2D eigenvalue weighted by atomic mass is 16.3. The quantitative estimate of drug-likeness (QED) is 0.348. The molecule has 7 nitrogen and oxygen atoms in total. The number of phenols is 1. The van der Waals surface area contributed by atoms with E-state index in [0.717, 1.165) is 5.56 Å². The molecule has 0 heterocycles. The fourth-order valence-electron chi connectivity index (χ4n) is 3.87. The SMILES string of the molecule is CCN(CC)C(=O)c1cccc(Nc2c(NC(c3ccccc3)C(C)(C)C)c(=O)c2=O)c1O. The number of amides is 1. The van der Waals surface area contributed by atoms with E-state index in [1.54, 1.807) is 17.0 Å². The van der Waals surface area contributed by atoms with Gasteiger partial charge in [0.1, 0.15) is 11.4 Å². The van der Waals surface area contributed by atoms with Crippen LogP contribution in [0.1, 0.15) is 56.6 Å². The zero-order valence-electron chi connectivity index (χ0n) is 19.7. The molecular formula is C26H31N3O4. The van der Waals surface area contributed by atoms with E-state index in [1.807, 2.05) is 65.0 Å². The van der Waals surface area contributed by atoms with Gasteiger partial charge in [-0.05, 0) is 37.0 Å². The molecule has 0 aliphatic carbocycles. The van der Waals surface area contributed by atoms with E-state index in [2.05, 4.69) is 10.6 Å². The normalized spacial score (nSPS) is 12.4. The molecule has 174 valence electrons. The molecule has 1 atom stereocenters. The lowest BCUT2D eigenvalue weighted by Crippen LogP contribution is -2.39. The molecule has 0 saturated heterocycles. The molecule has 0 fully saturated rings. The Morgan fingerprint density at radius 1 is 0.939 bits per heavy atom. The van der Waals surface area contributed by atoms with Gasteiger partial charge in [0.2, 0.25) is 0 Å². The number of benzene rings is 2. The highest BCUT2D eigenvalue weighted by Crippen LogP contribution is 2.38. The van der Waals surface area contributed by atoms with E-state index < -0.39 is 10.9 Å². The minimum Gasteiger partial charge on any atom is -0.505 e. The number of para-hydroxylation sites is 1. The van der Waals surface area contributed by atoms with Gasteiger partial charge >= 0.3 is 0 Å². The van der Waals surface area contributed by atoms with Crippen LogP contribution in [0.25, 0.3) is 0 Å². The smallest absolute Gasteiger partial charge is 0.257 e. The number of carbonyl (C=O) groups excluding carboxylic acids is 1. The topological polar surface area (TPSA) is 98.7 Å². The number of hydrogen-bond acceptors (Lipinski definition) is 6. The standard InChI is InChI=1S/C26H31N3O4/c1-6-29(7-2)25(33)17-14-11-15-18(21(17)30)27-19-20(23(32)22(19)31)28-24(26(3,4)5)16-12-9-8-10-13-16/h8-15,24,27-28,30H,6-7H2,1-5H3. The average molecular weight is 450 g/mol. The predicted molar refractivity (Wildman–Crippen MR) is 132 cm³/mol. The third-order valence-corrected chi connectivity index (χ3v) is 5.77. The van der Waals surface area contributed by atoms with Crippen molar-refractivity contribution in [2.24, 2.45) is 5.41 Å². The minimum absolute atomic E-state index is 0.0768. The van der Waals surface area contributed by atoms with E-state index in [4.69, 9.17) is 0 Å². The first kappa shape index (κ1) is 24.0. The molecule has 33 heavy (non-hydrogen) atoms. The van der Waals surface area contributed by atoms with Gasteiger partial charge in [0, 0.05) is 13.1 Å². The first-order valence-electron chi connectivity index (χ1n) is 11.1. The molecule has 3 aromatic rings. The van der Waals surface area contributed by atoms with Crippen LogP contribution in [0, 0.1) is 5.41 Å². The van der Waals surface area contributed by atoms with Crippen molar-refractivity contribution in [3.63, 3.8) is 0 Å². The molecule has 0 radical (unpaired) electrons. The molecule has 0 aliphatic rings. The number of carbonyl (C=O) groups is 1. The Balaban J connectivity index is 1.95. The Morgan fingerprint density at radius 2 is 1.55 bits per heavy atom. The van der Waals surface area contributed by atoms with Crippen LogP contribution < -0.4 is 21.5 Å². The predicted octanol–water partition coefficient (Wildman–Crippen LogP) is 4.41. The number of rotatable bonds is 8. The summed E-state index contributed by atoms with van der Waals surface area (Å²) in [6.45, 7) is 10.9. The molecule has 0 bridgehead atoms. The summed E-state index contributed by atoms with van der Waals surface area (Å²) in [5.74, 6) is -0.565. The lowest BCUT2D eigenvalue weighted by molar-refractivity contribution is 0.0770. The summed E-state index contributed by atoms with van der Waals surface area (Å²) < 4.78 is 0. The van der Waals surface area contributed by atoms with E-state index in [9.17, 15) is 19.5 Å². The number of hydrogen-bond donors (Lipinski definition) is 3. The Kier molecular flexibility index (Phi) is 6.91. The van der Waals surface area contributed by atoms with Gasteiger partial charge in [-0.2, -0.15) is 0 Å². The maximum Gasteiger partial charge on any atom is 0.257 e. The van der Waals surface area contributed by atoms with Crippen LogP contribution in [0.2, 0.25) is 0 Å². The van der Waals surface area contributed by atoms with Crippen LogP contribution >= 0.6 is 0 Å². The van der Waals surface area contributed by atoms with Crippen LogP contribution in [-0.2, 0) is 0 Å². The number of nitrogens with one attached hydrogen (secondary N) is 2. The third-order valence-electron chi connectivity index (χ3n) is 5.77. The molecule has 3 aromatic carbocycles. The molecule has 0 spiro atoms. The van der Waals surface area contributed by atoms with Crippen molar-refractivity contribution >= 4 is 23.0 Å². The fraction of sp³-hybridized carbons (Fsp3) is 0.346. The Morgan fingerprint density at radius 3 is 2.12 bits per heavy atom. The van der Waals surface area contributed by atoms with Gasteiger partial charge in [0.25, 0.3) is 16.8 Å². The molecule has 0 saturated carbocycles. The van der Waals surface area contributed by atoms with Crippen molar-refractivity contribution in [3.8, 4) is 5.75 Å². The lowest BCUT2D eigenvalue weighted by Gasteiger charge is -2.33. The second-order valence-corrected chi connectivity index (χ2v) is 9.07. The van der Waals surface area contributed by atoms with Crippen molar-refractivity contribution in [1.82, 2.24) is 4.90 Å². The van der Waals surface area contributed by atoms with Gasteiger partial charge in [0.05, 0.1) is 17.3 Å². The van der Waals surface area contributed by atoms with E-state index >= 15 is 0 Å². The van der Waals surface area contributed by atoms with Crippen LogP contribution in [0.5, 0.6) is 5.75 Å². The summed E-state index contributed by atoms with van der Waals surface area (Å²) in [5.41, 5.74) is 0.0196. The van der Waals surface area contributed by atoms with Gasteiger partial charge in [-0.1, -0.05) is 57.2 Å². The van der Waals surface area contributed by atoms with Gasteiger partial charge in [0.15, 0.2) is 5.75 Å². The van der Waals surface area contributed by atoms with Gasteiger partial charge in [-0.25, -0.2) is 0 Å². The number of phenolic OH excluding ortho intramolecular Hbond substituents is 1. The molecule has 3 rings (SSSR count). The number of anilines is 3. The molecule has 0 aromatic heterocycles. The molecule has 7 heteroatoms. The van der Waals surface area contributed by atoms with Crippen LogP contribution in [-0.4, -0.2) is 29.0 Å². The van der Waals surface area contributed by atoms with Crippen LogP contribution in [0.3, 0.4) is 0 Å². The Hall–Kier alpha value is -3.61. The van der Waals surface area contributed by atoms with Crippen molar-refractivity contribution in [1.29, 1.82) is 0 Å². The lowest BCUT2D eigenvalue weighted by atomic mass is 9.82. The third kappa shape index (κ3) is 4.77. The highest BCUT2D eigenvalue weighted by molar-refractivity contribution is 5.99. The molecule has 1 amide bonds. The zero-order chi connectivity index (χ0) is 24.3. The van der Waals surface area contributed by atoms with Crippen molar-refractivity contribution in [2.75, 3.05) is 23.7 Å². The van der Waals surface area contributed by atoms with Crippen molar-refractivity contribution in [2.45, 2.75) is 40.7 Å². The summed E-state index contributed by atoms with van der Waals surface area (Å²) in [5, 5.41) is 16.9. The minimum atomic E-state index is -0.668. The summed E-state index contributed by atoms with van der Waals surface area (Å²) in [4.78, 5) is 39.2. The van der Waals surface area contributed by atoms with Gasteiger partial charge < -0.3 is 20.6 Å². The zero-order valence-corrected chi connectivity index (χ0v) is 19.7. The molecular weight excluding hydrogens is 418 g/mol. The van der Waals surface area contributed by atoms with Crippen molar-refractivity contribution in [3.05, 3.63) is 80.1 Å². The maximum absolute atomic E-state index is 12.7. The van der Waals surface area contributed by atoms with E-state index in [1.165, 1.54) is 6.07 Å². The van der Waals surface area contributed by atoms with Crippen molar-refractivity contribution < 1.29 is 9.90 Å². The maximum atomic E-state index is 12.7. The van der Waals surface area contributed by atoms with Gasteiger partial charge in [-0.15, -0.1) is 0 Å². The van der Waals surface area contributed by atoms with Crippen LogP contribution in [0.4, 0.5) is 17.1 Å². The number of nitrogens with zero attached hydrogens (tertiary/aromatic N) is 1. The summed E-state index contributed by atoms with van der Waals surface area (Å²) >= 11 is 0. The molecule has 1 unspecified atom stereocenters. The second kappa shape index (κ2) is 9.48.